The molecule has 1 atom stereocenters. The van der Waals surface area contributed by atoms with Crippen molar-refractivity contribution in [3.05, 3.63) is 21.9 Å². The van der Waals surface area contributed by atoms with Gasteiger partial charge in [0.1, 0.15) is 0 Å². The largest absolute Gasteiger partial charge is 0.312 e. The molecule has 2 nitrogen and oxygen atoms in total. The Morgan fingerprint density at radius 3 is 2.94 bits per heavy atom. The minimum absolute atomic E-state index is 0.847. The van der Waals surface area contributed by atoms with Crippen LogP contribution in [0.4, 0.5) is 0 Å². The van der Waals surface area contributed by atoms with Crippen LogP contribution in [-0.2, 0) is 13.1 Å². The summed E-state index contributed by atoms with van der Waals surface area (Å²) in [5.74, 6) is 1.30. The zero-order chi connectivity index (χ0) is 12.8. The quantitative estimate of drug-likeness (QED) is 0.864. The Bertz CT molecular complexity index is 351. The summed E-state index contributed by atoms with van der Waals surface area (Å²) in [7, 11) is 0. The fraction of sp³-hybridized carbons (Fsp3) is 0.714. The summed E-state index contributed by atoms with van der Waals surface area (Å²) in [6.07, 6.45) is 1.30. The molecule has 0 spiro atoms. The lowest BCUT2D eigenvalue weighted by Crippen LogP contribution is -2.36. The molecule has 2 rings (SSSR count). The first-order chi connectivity index (χ1) is 8.81. The molecule has 0 aliphatic carbocycles. The van der Waals surface area contributed by atoms with Crippen molar-refractivity contribution < 1.29 is 0 Å². The summed E-state index contributed by atoms with van der Waals surface area (Å²) in [5, 5.41) is 4.24. The molecule has 1 N–H and O–H groups in total. The number of thioether (sulfide) groups is 1. The normalized spacial score (nSPS) is 21.3. The van der Waals surface area contributed by atoms with Gasteiger partial charge in [0.2, 0.25) is 0 Å². The van der Waals surface area contributed by atoms with Crippen LogP contribution in [0.25, 0.3) is 0 Å². The predicted molar refractivity (Wildman–Crippen MR) is 83.5 cm³/mol. The Hall–Kier alpha value is -0.0300. The highest BCUT2D eigenvalue weighted by Crippen LogP contribution is 2.24. The Kier molecular flexibility index (Phi) is 6.02. The van der Waals surface area contributed by atoms with E-state index in [9.17, 15) is 0 Å². The molecule has 0 aromatic carbocycles. The molecule has 0 radical (unpaired) electrons. The van der Waals surface area contributed by atoms with E-state index in [1.54, 1.807) is 0 Å². The lowest BCUT2D eigenvalue weighted by atomic mass is 10.3. The number of thiophene rings is 1. The van der Waals surface area contributed by atoms with Crippen LogP contribution in [0.5, 0.6) is 0 Å². The molecule has 0 saturated carbocycles. The summed E-state index contributed by atoms with van der Waals surface area (Å²) >= 11 is 4.11. The highest BCUT2D eigenvalue weighted by molar-refractivity contribution is 8.00. The second kappa shape index (κ2) is 7.53. The number of hydrogen-bond acceptors (Lipinski definition) is 4. The van der Waals surface area contributed by atoms with Crippen LogP contribution in [0, 0.1) is 0 Å². The van der Waals surface area contributed by atoms with Crippen molar-refractivity contribution in [1.29, 1.82) is 0 Å². The third-order valence-electron chi connectivity index (χ3n) is 3.32. The van der Waals surface area contributed by atoms with E-state index in [0.29, 0.717) is 0 Å². The van der Waals surface area contributed by atoms with Gasteiger partial charge in [-0.25, -0.2) is 0 Å². The average molecular weight is 284 g/mol. The van der Waals surface area contributed by atoms with Gasteiger partial charge in [-0.3, -0.25) is 4.90 Å². The third-order valence-corrected chi connectivity index (χ3v) is 5.77. The van der Waals surface area contributed by atoms with E-state index in [1.165, 1.54) is 35.0 Å². The lowest BCUT2D eigenvalue weighted by Gasteiger charge is -2.31. The van der Waals surface area contributed by atoms with E-state index in [0.717, 1.165) is 24.9 Å². The Morgan fingerprint density at radius 2 is 2.17 bits per heavy atom. The first-order valence-electron chi connectivity index (χ1n) is 6.94. The van der Waals surface area contributed by atoms with E-state index < -0.39 is 0 Å². The Morgan fingerprint density at radius 1 is 1.33 bits per heavy atom. The van der Waals surface area contributed by atoms with Crippen molar-refractivity contribution in [1.82, 2.24) is 10.2 Å². The first kappa shape index (κ1) is 14.4. The minimum Gasteiger partial charge on any atom is -0.312 e. The van der Waals surface area contributed by atoms with Gasteiger partial charge >= 0.3 is 0 Å². The summed E-state index contributed by atoms with van der Waals surface area (Å²) in [4.78, 5) is 5.60. The summed E-state index contributed by atoms with van der Waals surface area (Å²) in [6.45, 7) is 10.2. The van der Waals surface area contributed by atoms with E-state index in [4.69, 9.17) is 0 Å². The first-order valence-corrected chi connectivity index (χ1v) is 8.80. The Balaban J connectivity index is 1.83. The van der Waals surface area contributed by atoms with Crippen LogP contribution < -0.4 is 5.32 Å². The number of nitrogens with zero attached hydrogens (tertiary/aromatic N) is 1. The zero-order valence-corrected chi connectivity index (χ0v) is 13.1. The van der Waals surface area contributed by atoms with Gasteiger partial charge in [-0.05, 0) is 25.1 Å². The maximum absolute atomic E-state index is 3.39. The molecule has 1 unspecified atom stereocenters. The molecule has 1 aromatic rings. The van der Waals surface area contributed by atoms with Crippen LogP contribution in [-0.4, -0.2) is 35.5 Å². The SMILES string of the molecule is CCNCc1ccc(CN2CCSC(CC)C2)s1. The molecule has 1 aromatic heterocycles. The summed E-state index contributed by atoms with van der Waals surface area (Å²) < 4.78 is 0. The molecule has 4 heteroatoms. The van der Waals surface area contributed by atoms with Crippen molar-refractivity contribution in [2.45, 2.75) is 38.6 Å². The smallest absolute Gasteiger partial charge is 0.0328 e. The highest BCUT2D eigenvalue weighted by atomic mass is 32.2. The number of nitrogens with one attached hydrogen (secondary N) is 1. The maximum Gasteiger partial charge on any atom is 0.0328 e. The molecule has 0 amide bonds. The standard InChI is InChI=1S/C14H24N2S2/c1-3-12-10-16(7-8-17-12)11-14-6-5-13(18-14)9-15-4-2/h5-6,12,15H,3-4,7-11H2,1-2H3. The van der Waals surface area contributed by atoms with Crippen LogP contribution in [0.2, 0.25) is 0 Å². The van der Waals surface area contributed by atoms with Crippen molar-refractivity contribution in [3.63, 3.8) is 0 Å². The molecular formula is C14H24N2S2. The highest BCUT2D eigenvalue weighted by Gasteiger charge is 2.19. The molecule has 0 bridgehead atoms. The van der Waals surface area contributed by atoms with Gasteiger partial charge in [0, 0.05) is 46.9 Å². The fourth-order valence-electron chi connectivity index (χ4n) is 2.24. The predicted octanol–water partition coefficient (Wildman–Crippen LogP) is 3.19. The van der Waals surface area contributed by atoms with Crippen molar-refractivity contribution in [2.75, 3.05) is 25.4 Å². The van der Waals surface area contributed by atoms with Crippen LogP contribution in [0.15, 0.2) is 12.1 Å². The average Bonchev–Trinajstić information content (AvgIpc) is 2.84. The van der Waals surface area contributed by atoms with Gasteiger partial charge in [-0.2, -0.15) is 11.8 Å². The van der Waals surface area contributed by atoms with Gasteiger partial charge in [0.15, 0.2) is 0 Å². The van der Waals surface area contributed by atoms with Crippen LogP contribution in [0.3, 0.4) is 0 Å². The zero-order valence-electron chi connectivity index (χ0n) is 11.4. The molecule has 1 fully saturated rings. The van der Waals surface area contributed by atoms with Gasteiger partial charge < -0.3 is 5.32 Å². The van der Waals surface area contributed by atoms with Gasteiger partial charge in [-0.1, -0.05) is 13.8 Å². The van der Waals surface area contributed by atoms with E-state index in [-0.39, 0.29) is 0 Å². The van der Waals surface area contributed by atoms with Gasteiger partial charge in [-0.15, -0.1) is 11.3 Å². The monoisotopic (exact) mass is 284 g/mol. The van der Waals surface area contributed by atoms with Crippen LogP contribution >= 0.6 is 23.1 Å². The number of rotatable bonds is 6. The van der Waals surface area contributed by atoms with Crippen molar-refractivity contribution in [3.8, 4) is 0 Å². The minimum atomic E-state index is 0.847. The van der Waals surface area contributed by atoms with E-state index in [1.807, 2.05) is 11.3 Å². The maximum atomic E-state index is 3.39. The molecule has 102 valence electrons. The molecule has 1 aliphatic rings. The summed E-state index contributed by atoms with van der Waals surface area (Å²) in [5.41, 5.74) is 0. The molecule has 1 aliphatic heterocycles. The fourth-order valence-corrected chi connectivity index (χ4v) is 4.52. The van der Waals surface area contributed by atoms with Gasteiger partial charge in [0.05, 0.1) is 0 Å². The van der Waals surface area contributed by atoms with Crippen LogP contribution in [0.1, 0.15) is 30.0 Å². The second-order valence-electron chi connectivity index (χ2n) is 4.78. The number of hydrogen-bond donors (Lipinski definition) is 1. The Labute approximate surface area is 119 Å². The molecule has 18 heavy (non-hydrogen) atoms. The molecule has 1 saturated heterocycles. The lowest BCUT2D eigenvalue weighted by molar-refractivity contribution is 0.275. The summed E-state index contributed by atoms with van der Waals surface area (Å²) in [6, 6.07) is 4.58. The molecular weight excluding hydrogens is 260 g/mol. The third kappa shape index (κ3) is 4.26. The van der Waals surface area contributed by atoms with Gasteiger partial charge in [0.25, 0.3) is 0 Å². The second-order valence-corrected chi connectivity index (χ2v) is 7.45. The van der Waals surface area contributed by atoms with Crippen molar-refractivity contribution >= 4 is 23.1 Å². The molecule has 2 heterocycles. The van der Waals surface area contributed by atoms with E-state index >= 15 is 0 Å². The van der Waals surface area contributed by atoms with Crippen molar-refractivity contribution in [2.24, 2.45) is 0 Å². The van der Waals surface area contributed by atoms with E-state index in [2.05, 4.69) is 48.0 Å². The topological polar surface area (TPSA) is 15.3 Å².